The van der Waals surface area contributed by atoms with Crippen molar-refractivity contribution in [2.75, 3.05) is 6.54 Å². The van der Waals surface area contributed by atoms with Crippen LogP contribution in [0.2, 0.25) is 0 Å². The standard InChI is InChI=1S/C15H21F3N2O2/c1-14(2,3)22-13(21)20-9-12-6-4-11(5-7-12)8-19-10-15(16,17)18/h4-7,19H,8-10H2,1-3H3,(H,20,21). The van der Waals surface area contributed by atoms with Crippen LogP contribution in [-0.4, -0.2) is 24.4 Å². The Morgan fingerprint density at radius 2 is 1.55 bits per heavy atom. The summed E-state index contributed by atoms with van der Waals surface area (Å²) in [7, 11) is 0. The molecule has 1 rings (SSSR count). The molecule has 1 aromatic carbocycles. The summed E-state index contributed by atoms with van der Waals surface area (Å²) in [5.74, 6) is 0. The second kappa shape index (κ2) is 7.49. The van der Waals surface area contributed by atoms with Crippen LogP contribution in [0.3, 0.4) is 0 Å². The first-order valence-corrected chi connectivity index (χ1v) is 6.87. The maximum absolute atomic E-state index is 12.0. The molecule has 0 unspecified atom stereocenters. The fraction of sp³-hybridized carbons (Fsp3) is 0.533. The van der Waals surface area contributed by atoms with Gasteiger partial charge in [0.2, 0.25) is 0 Å². The van der Waals surface area contributed by atoms with Gasteiger partial charge >= 0.3 is 12.3 Å². The minimum absolute atomic E-state index is 0.138. The first-order chi connectivity index (χ1) is 10.1. The smallest absolute Gasteiger partial charge is 0.407 e. The lowest BCUT2D eigenvalue weighted by Gasteiger charge is -2.19. The van der Waals surface area contributed by atoms with E-state index in [-0.39, 0.29) is 6.54 Å². The third-order valence-electron chi connectivity index (χ3n) is 2.51. The van der Waals surface area contributed by atoms with Gasteiger partial charge in [0, 0.05) is 13.1 Å². The molecule has 0 aliphatic heterocycles. The van der Waals surface area contributed by atoms with E-state index in [1.807, 2.05) is 0 Å². The van der Waals surface area contributed by atoms with Gasteiger partial charge in [-0.1, -0.05) is 24.3 Å². The zero-order chi connectivity index (χ0) is 16.8. The summed E-state index contributed by atoms with van der Waals surface area (Å²) in [6.45, 7) is 4.74. The molecular formula is C15H21F3N2O2. The van der Waals surface area contributed by atoms with Gasteiger partial charge < -0.3 is 15.4 Å². The summed E-state index contributed by atoms with van der Waals surface area (Å²) in [6.07, 6.45) is -4.72. The number of carbonyl (C=O) groups excluding carboxylic acids is 1. The molecule has 0 spiro atoms. The van der Waals surface area contributed by atoms with Gasteiger partial charge in [-0.2, -0.15) is 13.2 Å². The number of nitrogens with one attached hydrogen (secondary N) is 2. The molecule has 0 radical (unpaired) electrons. The molecule has 2 N–H and O–H groups in total. The maximum atomic E-state index is 12.0. The number of hydrogen-bond acceptors (Lipinski definition) is 3. The number of rotatable bonds is 5. The fourth-order valence-electron chi connectivity index (χ4n) is 1.61. The van der Waals surface area contributed by atoms with E-state index in [4.69, 9.17) is 4.74 Å². The Labute approximate surface area is 128 Å². The number of alkyl halides is 3. The van der Waals surface area contributed by atoms with Gasteiger partial charge in [0.15, 0.2) is 0 Å². The van der Waals surface area contributed by atoms with Gasteiger partial charge in [0.25, 0.3) is 0 Å². The summed E-state index contributed by atoms with van der Waals surface area (Å²) >= 11 is 0. The highest BCUT2D eigenvalue weighted by Crippen LogP contribution is 2.13. The molecule has 1 aromatic rings. The SMILES string of the molecule is CC(C)(C)OC(=O)NCc1ccc(CNCC(F)(F)F)cc1. The molecule has 0 heterocycles. The Hall–Kier alpha value is -1.76. The van der Waals surface area contributed by atoms with E-state index in [0.29, 0.717) is 6.54 Å². The largest absolute Gasteiger partial charge is 0.444 e. The number of halogens is 3. The van der Waals surface area contributed by atoms with Crippen LogP contribution >= 0.6 is 0 Å². The number of alkyl carbamates (subject to hydrolysis) is 1. The number of carbonyl (C=O) groups is 1. The molecule has 0 atom stereocenters. The molecule has 0 fully saturated rings. The molecule has 0 aromatic heterocycles. The molecule has 4 nitrogen and oxygen atoms in total. The third-order valence-corrected chi connectivity index (χ3v) is 2.51. The van der Waals surface area contributed by atoms with Gasteiger partial charge in [-0.15, -0.1) is 0 Å². The van der Waals surface area contributed by atoms with Crippen LogP contribution in [-0.2, 0) is 17.8 Å². The van der Waals surface area contributed by atoms with Crippen LogP contribution in [0.15, 0.2) is 24.3 Å². The third kappa shape index (κ3) is 8.51. The molecule has 22 heavy (non-hydrogen) atoms. The van der Waals surface area contributed by atoms with Crippen molar-refractivity contribution in [3.05, 3.63) is 35.4 Å². The lowest BCUT2D eigenvalue weighted by Crippen LogP contribution is -2.32. The Kier molecular flexibility index (Phi) is 6.22. The van der Waals surface area contributed by atoms with Crippen LogP contribution in [0, 0.1) is 0 Å². The van der Waals surface area contributed by atoms with Gasteiger partial charge in [-0.25, -0.2) is 4.79 Å². The molecular weight excluding hydrogens is 297 g/mol. The second-order valence-electron chi connectivity index (χ2n) is 5.89. The monoisotopic (exact) mass is 318 g/mol. The topological polar surface area (TPSA) is 50.4 Å². The number of amides is 1. The maximum Gasteiger partial charge on any atom is 0.407 e. The highest BCUT2D eigenvalue weighted by Gasteiger charge is 2.25. The summed E-state index contributed by atoms with van der Waals surface area (Å²) in [4.78, 5) is 11.5. The minimum Gasteiger partial charge on any atom is -0.444 e. The first kappa shape index (κ1) is 18.3. The van der Waals surface area contributed by atoms with Crippen LogP contribution in [0.1, 0.15) is 31.9 Å². The van der Waals surface area contributed by atoms with E-state index < -0.39 is 24.4 Å². The molecule has 0 saturated heterocycles. The molecule has 124 valence electrons. The Morgan fingerprint density at radius 3 is 2.00 bits per heavy atom. The quantitative estimate of drug-likeness (QED) is 0.875. The van der Waals surface area contributed by atoms with Gasteiger partial charge in [-0.3, -0.25) is 0 Å². The van der Waals surface area contributed by atoms with Crippen molar-refractivity contribution in [2.24, 2.45) is 0 Å². The van der Waals surface area contributed by atoms with Crippen LogP contribution < -0.4 is 10.6 Å². The molecule has 7 heteroatoms. The fourth-order valence-corrected chi connectivity index (χ4v) is 1.61. The van der Waals surface area contributed by atoms with E-state index >= 15 is 0 Å². The summed E-state index contributed by atoms with van der Waals surface area (Å²) in [5.41, 5.74) is 1.02. The average molecular weight is 318 g/mol. The van der Waals surface area contributed by atoms with E-state index in [9.17, 15) is 18.0 Å². The van der Waals surface area contributed by atoms with E-state index in [0.717, 1.165) is 11.1 Å². The lowest BCUT2D eigenvalue weighted by atomic mass is 10.1. The predicted octanol–water partition coefficient (Wildman–Crippen LogP) is 3.36. The van der Waals surface area contributed by atoms with Gasteiger partial charge in [0.05, 0.1) is 6.54 Å². The molecule has 0 aliphatic rings. The summed E-state index contributed by atoms with van der Waals surface area (Å²) in [6, 6.07) is 6.94. The van der Waals surface area contributed by atoms with E-state index in [2.05, 4.69) is 10.6 Å². The Bertz CT molecular complexity index is 479. The number of benzene rings is 1. The highest BCUT2D eigenvalue weighted by molar-refractivity contribution is 5.67. The zero-order valence-electron chi connectivity index (χ0n) is 12.9. The summed E-state index contributed by atoms with van der Waals surface area (Å²) in [5, 5.41) is 4.93. The normalized spacial score (nSPS) is 12.1. The van der Waals surface area contributed by atoms with Crippen LogP contribution in [0.25, 0.3) is 0 Å². The van der Waals surface area contributed by atoms with Crippen molar-refractivity contribution in [1.82, 2.24) is 10.6 Å². The minimum atomic E-state index is -4.21. The molecule has 0 saturated carbocycles. The van der Waals surface area contributed by atoms with Gasteiger partial charge in [-0.05, 0) is 31.9 Å². The first-order valence-electron chi connectivity index (χ1n) is 6.87. The molecule has 0 aliphatic carbocycles. The lowest BCUT2D eigenvalue weighted by molar-refractivity contribution is -0.125. The van der Waals surface area contributed by atoms with Crippen molar-refractivity contribution in [3.8, 4) is 0 Å². The number of hydrogen-bond donors (Lipinski definition) is 2. The van der Waals surface area contributed by atoms with Crippen molar-refractivity contribution >= 4 is 6.09 Å². The van der Waals surface area contributed by atoms with Crippen LogP contribution in [0.4, 0.5) is 18.0 Å². The molecule has 0 bridgehead atoms. The zero-order valence-corrected chi connectivity index (χ0v) is 12.9. The van der Waals surface area contributed by atoms with Crippen molar-refractivity contribution in [1.29, 1.82) is 0 Å². The van der Waals surface area contributed by atoms with Crippen LogP contribution in [0.5, 0.6) is 0 Å². The van der Waals surface area contributed by atoms with Crippen molar-refractivity contribution in [2.45, 2.75) is 45.6 Å². The van der Waals surface area contributed by atoms with E-state index in [1.54, 1.807) is 45.0 Å². The number of ether oxygens (including phenoxy) is 1. The molecule has 1 amide bonds. The second-order valence-corrected chi connectivity index (χ2v) is 5.89. The Morgan fingerprint density at radius 1 is 1.05 bits per heavy atom. The predicted molar refractivity (Wildman–Crippen MR) is 77.3 cm³/mol. The summed E-state index contributed by atoms with van der Waals surface area (Å²) < 4.78 is 41.1. The Balaban J connectivity index is 2.37. The average Bonchev–Trinajstić information content (AvgIpc) is 2.34. The van der Waals surface area contributed by atoms with Crippen molar-refractivity contribution in [3.63, 3.8) is 0 Å². The van der Waals surface area contributed by atoms with E-state index in [1.165, 1.54) is 0 Å². The van der Waals surface area contributed by atoms with Crippen molar-refractivity contribution < 1.29 is 22.7 Å². The highest BCUT2D eigenvalue weighted by atomic mass is 19.4. The van der Waals surface area contributed by atoms with Gasteiger partial charge in [0.1, 0.15) is 5.60 Å².